The standard InChI is InChI=1S/C16H25N3O2/c1-2-16(13-6-5-8-15(12-13)19(20)21)18-11-4-3-7-14(18)9-10-17/h5-6,8,12,14,16H,2-4,7,9-11,17H2,1H3. The molecule has 1 aromatic carbocycles. The molecular formula is C16H25N3O2. The van der Waals surface area contributed by atoms with Crippen LogP contribution in [0.5, 0.6) is 0 Å². The number of likely N-dealkylation sites (tertiary alicyclic amines) is 1. The average molecular weight is 291 g/mol. The van der Waals surface area contributed by atoms with E-state index in [4.69, 9.17) is 5.73 Å². The van der Waals surface area contributed by atoms with E-state index >= 15 is 0 Å². The zero-order chi connectivity index (χ0) is 15.2. The van der Waals surface area contributed by atoms with Crippen LogP contribution in [0.25, 0.3) is 0 Å². The number of nitro benzene ring substituents is 1. The number of nitro groups is 1. The van der Waals surface area contributed by atoms with E-state index in [-0.39, 0.29) is 16.7 Å². The number of rotatable bonds is 6. The van der Waals surface area contributed by atoms with Gasteiger partial charge in [0, 0.05) is 24.2 Å². The summed E-state index contributed by atoms with van der Waals surface area (Å²) in [5.74, 6) is 0. The van der Waals surface area contributed by atoms with E-state index in [0.717, 1.165) is 24.9 Å². The lowest BCUT2D eigenvalue weighted by atomic mass is 9.93. The number of nitrogens with two attached hydrogens (primary N) is 1. The minimum atomic E-state index is -0.316. The van der Waals surface area contributed by atoms with Gasteiger partial charge in [0.05, 0.1) is 4.92 Å². The van der Waals surface area contributed by atoms with Crippen LogP contribution in [0.15, 0.2) is 24.3 Å². The van der Waals surface area contributed by atoms with Crippen molar-refractivity contribution in [2.75, 3.05) is 13.1 Å². The molecule has 0 amide bonds. The van der Waals surface area contributed by atoms with Crippen molar-refractivity contribution < 1.29 is 4.92 Å². The van der Waals surface area contributed by atoms with Gasteiger partial charge in [-0.2, -0.15) is 0 Å². The Morgan fingerprint density at radius 2 is 2.29 bits per heavy atom. The largest absolute Gasteiger partial charge is 0.330 e. The maximum atomic E-state index is 11.0. The Balaban J connectivity index is 2.24. The molecule has 1 heterocycles. The number of non-ortho nitro benzene ring substituents is 1. The first kappa shape index (κ1) is 15.9. The van der Waals surface area contributed by atoms with Gasteiger partial charge in [0.1, 0.15) is 0 Å². The number of nitrogens with zero attached hydrogens (tertiary/aromatic N) is 2. The van der Waals surface area contributed by atoms with Gasteiger partial charge in [0.2, 0.25) is 0 Å². The average Bonchev–Trinajstić information content (AvgIpc) is 2.50. The number of hydrogen-bond acceptors (Lipinski definition) is 4. The predicted molar refractivity (Wildman–Crippen MR) is 84.1 cm³/mol. The minimum Gasteiger partial charge on any atom is -0.330 e. The van der Waals surface area contributed by atoms with Crippen molar-refractivity contribution in [2.24, 2.45) is 5.73 Å². The van der Waals surface area contributed by atoms with E-state index in [1.54, 1.807) is 18.2 Å². The molecule has 2 atom stereocenters. The van der Waals surface area contributed by atoms with Gasteiger partial charge in [-0.25, -0.2) is 0 Å². The highest BCUT2D eigenvalue weighted by molar-refractivity contribution is 5.36. The van der Waals surface area contributed by atoms with Crippen LogP contribution in [0.2, 0.25) is 0 Å². The fraction of sp³-hybridized carbons (Fsp3) is 0.625. The van der Waals surface area contributed by atoms with Crippen LogP contribution >= 0.6 is 0 Å². The lowest BCUT2D eigenvalue weighted by molar-refractivity contribution is -0.385. The van der Waals surface area contributed by atoms with Gasteiger partial charge >= 0.3 is 0 Å². The zero-order valence-electron chi connectivity index (χ0n) is 12.7. The molecule has 1 aliphatic heterocycles. The lowest BCUT2D eigenvalue weighted by Gasteiger charge is -2.41. The summed E-state index contributed by atoms with van der Waals surface area (Å²) in [4.78, 5) is 13.2. The third-order valence-electron chi connectivity index (χ3n) is 4.43. The van der Waals surface area contributed by atoms with E-state index in [2.05, 4.69) is 11.8 Å². The summed E-state index contributed by atoms with van der Waals surface area (Å²) in [6.45, 7) is 3.91. The van der Waals surface area contributed by atoms with Gasteiger partial charge < -0.3 is 5.73 Å². The molecule has 0 spiro atoms. The van der Waals surface area contributed by atoms with E-state index in [0.29, 0.717) is 12.6 Å². The van der Waals surface area contributed by atoms with Gasteiger partial charge in [0.15, 0.2) is 0 Å². The SMILES string of the molecule is CCC(c1cccc([N+](=O)[O-])c1)N1CCCCC1CCN. The monoisotopic (exact) mass is 291 g/mol. The van der Waals surface area contributed by atoms with Crippen molar-refractivity contribution in [3.8, 4) is 0 Å². The summed E-state index contributed by atoms with van der Waals surface area (Å²) in [5, 5.41) is 11.0. The van der Waals surface area contributed by atoms with Gasteiger partial charge in [-0.1, -0.05) is 25.5 Å². The second-order valence-corrected chi connectivity index (χ2v) is 5.74. The maximum absolute atomic E-state index is 11.0. The predicted octanol–water partition coefficient (Wildman–Crippen LogP) is 3.25. The molecule has 0 saturated carbocycles. The molecule has 2 N–H and O–H groups in total. The van der Waals surface area contributed by atoms with Crippen LogP contribution in [-0.4, -0.2) is 29.0 Å². The first-order valence-corrected chi connectivity index (χ1v) is 7.87. The molecule has 5 nitrogen and oxygen atoms in total. The Kier molecular flexibility index (Phi) is 5.70. The summed E-state index contributed by atoms with van der Waals surface area (Å²) in [6, 6.07) is 7.84. The van der Waals surface area contributed by atoms with E-state index in [1.807, 2.05) is 6.07 Å². The molecule has 2 rings (SSSR count). The zero-order valence-corrected chi connectivity index (χ0v) is 12.7. The molecular weight excluding hydrogens is 266 g/mol. The van der Waals surface area contributed by atoms with Crippen LogP contribution < -0.4 is 5.73 Å². The molecule has 0 radical (unpaired) electrons. The molecule has 1 aromatic rings. The van der Waals surface area contributed by atoms with Crippen molar-refractivity contribution in [3.05, 3.63) is 39.9 Å². The van der Waals surface area contributed by atoms with E-state index < -0.39 is 0 Å². The summed E-state index contributed by atoms with van der Waals surface area (Å²) >= 11 is 0. The van der Waals surface area contributed by atoms with Crippen molar-refractivity contribution in [1.29, 1.82) is 0 Å². The molecule has 5 heteroatoms. The van der Waals surface area contributed by atoms with Gasteiger partial charge in [-0.05, 0) is 44.3 Å². The van der Waals surface area contributed by atoms with Crippen molar-refractivity contribution in [1.82, 2.24) is 4.90 Å². The maximum Gasteiger partial charge on any atom is 0.269 e. The Labute approximate surface area is 126 Å². The highest BCUT2D eigenvalue weighted by Gasteiger charge is 2.28. The molecule has 1 aliphatic rings. The minimum absolute atomic E-state index is 0.179. The molecule has 0 aromatic heterocycles. The molecule has 0 bridgehead atoms. The van der Waals surface area contributed by atoms with Gasteiger partial charge in [-0.15, -0.1) is 0 Å². The third kappa shape index (κ3) is 3.80. The quantitative estimate of drug-likeness (QED) is 0.645. The first-order chi connectivity index (χ1) is 10.2. The summed E-state index contributed by atoms with van der Waals surface area (Å²) < 4.78 is 0. The topological polar surface area (TPSA) is 72.4 Å². The first-order valence-electron chi connectivity index (χ1n) is 7.87. The van der Waals surface area contributed by atoms with E-state index in [1.165, 1.54) is 19.3 Å². The second-order valence-electron chi connectivity index (χ2n) is 5.74. The van der Waals surface area contributed by atoms with Crippen LogP contribution in [0.1, 0.15) is 50.6 Å². The van der Waals surface area contributed by atoms with E-state index in [9.17, 15) is 10.1 Å². The van der Waals surface area contributed by atoms with Crippen molar-refractivity contribution >= 4 is 5.69 Å². The Morgan fingerprint density at radius 1 is 1.48 bits per heavy atom. The number of piperidine rings is 1. The van der Waals surface area contributed by atoms with Gasteiger partial charge in [0.25, 0.3) is 5.69 Å². The third-order valence-corrected chi connectivity index (χ3v) is 4.43. The number of hydrogen-bond donors (Lipinski definition) is 1. The highest BCUT2D eigenvalue weighted by atomic mass is 16.6. The molecule has 2 unspecified atom stereocenters. The molecule has 1 saturated heterocycles. The molecule has 1 fully saturated rings. The number of benzene rings is 1. The Morgan fingerprint density at radius 3 is 2.95 bits per heavy atom. The highest BCUT2D eigenvalue weighted by Crippen LogP contribution is 2.33. The van der Waals surface area contributed by atoms with Crippen LogP contribution in [0.4, 0.5) is 5.69 Å². The summed E-state index contributed by atoms with van der Waals surface area (Å²) in [6.07, 6.45) is 5.61. The molecule has 0 aliphatic carbocycles. The second kappa shape index (κ2) is 7.52. The van der Waals surface area contributed by atoms with Gasteiger partial charge in [-0.3, -0.25) is 15.0 Å². The van der Waals surface area contributed by atoms with Crippen LogP contribution in [-0.2, 0) is 0 Å². The Bertz CT molecular complexity index is 476. The smallest absolute Gasteiger partial charge is 0.269 e. The van der Waals surface area contributed by atoms with Crippen LogP contribution in [0, 0.1) is 10.1 Å². The fourth-order valence-corrected chi connectivity index (χ4v) is 3.44. The van der Waals surface area contributed by atoms with Crippen LogP contribution in [0.3, 0.4) is 0 Å². The summed E-state index contributed by atoms with van der Waals surface area (Å²) in [5.41, 5.74) is 6.98. The fourth-order valence-electron chi connectivity index (χ4n) is 3.44. The molecule has 21 heavy (non-hydrogen) atoms. The summed E-state index contributed by atoms with van der Waals surface area (Å²) in [7, 11) is 0. The van der Waals surface area contributed by atoms with Crippen molar-refractivity contribution in [2.45, 2.75) is 51.1 Å². The molecule has 116 valence electrons. The normalized spacial score (nSPS) is 21.1. The Hall–Kier alpha value is -1.46. The van der Waals surface area contributed by atoms with Crippen molar-refractivity contribution in [3.63, 3.8) is 0 Å². The lowest BCUT2D eigenvalue weighted by Crippen LogP contribution is -2.42.